The highest BCUT2D eigenvalue weighted by atomic mass is 79.9. The molecule has 2 heterocycles. The second kappa shape index (κ2) is 5.34. The van der Waals surface area contributed by atoms with Crippen LogP contribution >= 0.6 is 27.3 Å². The van der Waals surface area contributed by atoms with Gasteiger partial charge in [-0.15, -0.1) is 11.3 Å². The maximum atomic E-state index is 13.4. The molecule has 0 aliphatic heterocycles. The van der Waals surface area contributed by atoms with Crippen molar-refractivity contribution < 1.29 is 9.13 Å². The molecule has 3 aromatic rings. The van der Waals surface area contributed by atoms with E-state index < -0.39 is 0 Å². The molecule has 2 aromatic heterocycles. The number of thiophene rings is 1. The molecule has 0 aliphatic carbocycles. The third-order valence-electron chi connectivity index (χ3n) is 2.56. The molecule has 20 heavy (non-hydrogen) atoms. The number of fused-ring (bicyclic) bond motifs is 1. The van der Waals surface area contributed by atoms with Crippen LogP contribution < -0.4 is 10.1 Å². The van der Waals surface area contributed by atoms with Crippen LogP contribution in [0.15, 0.2) is 34.1 Å². The summed E-state index contributed by atoms with van der Waals surface area (Å²) in [5.41, 5.74) is 0. The highest BCUT2D eigenvalue weighted by Gasteiger charge is 2.11. The summed E-state index contributed by atoms with van der Waals surface area (Å²) >= 11 is 4.73. The average Bonchev–Trinajstić information content (AvgIpc) is 2.85. The van der Waals surface area contributed by atoms with Gasteiger partial charge in [0, 0.05) is 17.6 Å². The van der Waals surface area contributed by atoms with Crippen LogP contribution in [0.25, 0.3) is 10.2 Å². The monoisotopic (exact) mass is 353 g/mol. The quantitative estimate of drug-likeness (QED) is 0.756. The van der Waals surface area contributed by atoms with Gasteiger partial charge in [0.1, 0.15) is 16.4 Å². The molecule has 3 rings (SSSR count). The summed E-state index contributed by atoms with van der Waals surface area (Å²) in [5.74, 6) is 0.868. The Morgan fingerprint density at radius 2 is 2.15 bits per heavy atom. The number of ether oxygens (including phenoxy) is 1. The van der Waals surface area contributed by atoms with E-state index in [1.807, 2.05) is 11.4 Å². The van der Waals surface area contributed by atoms with Crippen LogP contribution in [-0.2, 0) is 0 Å². The Labute approximate surface area is 126 Å². The second-order valence-corrected chi connectivity index (χ2v) is 5.76. The molecule has 0 unspecified atom stereocenters. The standard InChI is InChI=1S/C13H9BrFN3OS/c1-16-13-17-11(10-2-3-20-12(10)18-13)19-9-5-7(14)4-8(15)6-9/h2-6H,1H3,(H,16,17,18). The topological polar surface area (TPSA) is 47.0 Å². The van der Waals surface area contributed by atoms with Crippen LogP contribution in [0.2, 0.25) is 0 Å². The molecule has 0 atom stereocenters. The average molecular weight is 354 g/mol. The minimum Gasteiger partial charge on any atom is -0.438 e. The number of anilines is 1. The van der Waals surface area contributed by atoms with Crippen molar-refractivity contribution in [1.82, 2.24) is 9.97 Å². The predicted octanol–water partition coefficient (Wildman–Crippen LogP) is 4.43. The van der Waals surface area contributed by atoms with Crippen molar-refractivity contribution in [3.63, 3.8) is 0 Å². The maximum absolute atomic E-state index is 13.4. The highest BCUT2D eigenvalue weighted by Crippen LogP contribution is 2.32. The fourth-order valence-electron chi connectivity index (χ4n) is 1.72. The van der Waals surface area contributed by atoms with Gasteiger partial charge in [-0.3, -0.25) is 0 Å². The Morgan fingerprint density at radius 3 is 2.90 bits per heavy atom. The summed E-state index contributed by atoms with van der Waals surface area (Å²) in [7, 11) is 1.73. The molecular formula is C13H9BrFN3OS. The first-order valence-corrected chi connectivity index (χ1v) is 7.40. The number of nitrogens with zero attached hydrogens (tertiary/aromatic N) is 2. The van der Waals surface area contributed by atoms with Crippen LogP contribution in [0, 0.1) is 5.82 Å². The van der Waals surface area contributed by atoms with Crippen LogP contribution in [0.5, 0.6) is 11.6 Å². The zero-order valence-electron chi connectivity index (χ0n) is 10.4. The van der Waals surface area contributed by atoms with Gasteiger partial charge in [-0.25, -0.2) is 9.37 Å². The Kier molecular flexibility index (Phi) is 3.54. The lowest BCUT2D eigenvalue weighted by Crippen LogP contribution is -1.98. The molecule has 0 bridgehead atoms. The maximum Gasteiger partial charge on any atom is 0.232 e. The summed E-state index contributed by atoms with van der Waals surface area (Å²) in [5, 5.41) is 5.59. The molecule has 0 radical (unpaired) electrons. The fourth-order valence-corrected chi connectivity index (χ4v) is 2.92. The van der Waals surface area contributed by atoms with E-state index in [0.717, 1.165) is 10.2 Å². The third-order valence-corrected chi connectivity index (χ3v) is 3.83. The third kappa shape index (κ3) is 2.59. The molecule has 7 heteroatoms. The van der Waals surface area contributed by atoms with Crippen molar-refractivity contribution in [3.05, 3.63) is 39.9 Å². The van der Waals surface area contributed by atoms with Crippen molar-refractivity contribution >= 4 is 43.4 Å². The van der Waals surface area contributed by atoms with Crippen LogP contribution in [0.4, 0.5) is 10.3 Å². The summed E-state index contributed by atoms with van der Waals surface area (Å²) < 4.78 is 19.7. The number of rotatable bonds is 3. The summed E-state index contributed by atoms with van der Waals surface area (Å²) in [4.78, 5) is 9.41. The zero-order chi connectivity index (χ0) is 14.1. The van der Waals surface area contributed by atoms with Crippen LogP contribution in [-0.4, -0.2) is 17.0 Å². The molecule has 0 saturated heterocycles. The van der Waals surface area contributed by atoms with E-state index in [4.69, 9.17) is 4.74 Å². The van der Waals surface area contributed by atoms with Gasteiger partial charge in [0.25, 0.3) is 0 Å². The molecule has 0 aliphatic rings. The largest absolute Gasteiger partial charge is 0.438 e. The molecule has 1 N–H and O–H groups in total. The Morgan fingerprint density at radius 1 is 1.30 bits per heavy atom. The summed E-state index contributed by atoms with van der Waals surface area (Å²) in [6, 6.07) is 6.24. The highest BCUT2D eigenvalue weighted by molar-refractivity contribution is 9.10. The molecule has 4 nitrogen and oxygen atoms in total. The second-order valence-electron chi connectivity index (χ2n) is 3.95. The Hall–Kier alpha value is -1.73. The summed E-state index contributed by atoms with van der Waals surface area (Å²) in [6.45, 7) is 0. The van der Waals surface area contributed by atoms with Crippen LogP contribution in [0.1, 0.15) is 0 Å². The first-order valence-electron chi connectivity index (χ1n) is 5.72. The molecule has 0 spiro atoms. The van der Waals surface area contributed by atoms with Crippen molar-refractivity contribution in [3.8, 4) is 11.6 Å². The number of hydrogen-bond donors (Lipinski definition) is 1. The molecule has 0 fully saturated rings. The first-order chi connectivity index (χ1) is 9.65. The lowest BCUT2D eigenvalue weighted by Gasteiger charge is -2.08. The molecule has 102 valence electrons. The predicted molar refractivity (Wildman–Crippen MR) is 81.1 cm³/mol. The lowest BCUT2D eigenvalue weighted by atomic mass is 10.3. The zero-order valence-corrected chi connectivity index (χ0v) is 12.8. The van der Waals surface area contributed by atoms with Crippen molar-refractivity contribution in [2.24, 2.45) is 0 Å². The number of halogens is 2. The molecular weight excluding hydrogens is 345 g/mol. The van der Waals surface area contributed by atoms with Gasteiger partial charge in [-0.05, 0) is 23.6 Å². The number of nitrogens with one attached hydrogen (secondary N) is 1. The molecule has 0 saturated carbocycles. The summed E-state index contributed by atoms with van der Waals surface area (Å²) in [6.07, 6.45) is 0. The van der Waals surface area contributed by atoms with Gasteiger partial charge in [0.15, 0.2) is 0 Å². The Balaban J connectivity index is 2.07. The van der Waals surface area contributed by atoms with Crippen LogP contribution in [0.3, 0.4) is 0 Å². The smallest absolute Gasteiger partial charge is 0.232 e. The number of aromatic nitrogens is 2. The van der Waals surface area contributed by atoms with Gasteiger partial charge >= 0.3 is 0 Å². The number of benzene rings is 1. The van der Waals surface area contributed by atoms with Gasteiger partial charge in [-0.1, -0.05) is 15.9 Å². The first kappa shape index (κ1) is 13.3. The van der Waals surface area contributed by atoms with E-state index in [1.54, 1.807) is 13.1 Å². The van der Waals surface area contributed by atoms with E-state index in [-0.39, 0.29) is 5.82 Å². The Bertz CT molecular complexity index is 757. The van der Waals surface area contributed by atoms with Gasteiger partial charge < -0.3 is 10.1 Å². The van der Waals surface area contributed by atoms with E-state index in [0.29, 0.717) is 22.1 Å². The lowest BCUT2D eigenvalue weighted by molar-refractivity contribution is 0.463. The normalized spacial score (nSPS) is 10.8. The van der Waals surface area contributed by atoms with Gasteiger partial charge in [-0.2, -0.15) is 4.98 Å². The SMILES string of the molecule is CNc1nc(Oc2cc(F)cc(Br)c2)c2ccsc2n1. The van der Waals surface area contributed by atoms with Crippen molar-refractivity contribution in [1.29, 1.82) is 0 Å². The minimum absolute atomic E-state index is 0.376. The van der Waals surface area contributed by atoms with Gasteiger partial charge in [0.2, 0.25) is 11.8 Å². The minimum atomic E-state index is -0.376. The fraction of sp³-hybridized carbons (Fsp3) is 0.0769. The van der Waals surface area contributed by atoms with Gasteiger partial charge in [0.05, 0.1) is 5.39 Å². The van der Waals surface area contributed by atoms with E-state index >= 15 is 0 Å². The van der Waals surface area contributed by atoms with Crippen molar-refractivity contribution in [2.75, 3.05) is 12.4 Å². The van der Waals surface area contributed by atoms with E-state index in [9.17, 15) is 4.39 Å². The van der Waals surface area contributed by atoms with E-state index in [1.165, 1.54) is 23.5 Å². The molecule has 1 aromatic carbocycles. The molecule has 0 amide bonds. The number of hydrogen-bond acceptors (Lipinski definition) is 5. The van der Waals surface area contributed by atoms with E-state index in [2.05, 4.69) is 31.2 Å². The van der Waals surface area contributed by atoms with Crippen molar-refractivity contribution in [2.45, 2.75) is 0 Å².